The van der Waals surface area contributed by atoms with Gasteiger partial charge in [-0.2, -0.15) is 0 Å². The standard InChI is InChI=1S/C13H24N2O3S/c1-6-10-11(16)14-13(4,7-2)12(17)15(10)8-9(3)19(5)18/h9-10H,6-8H2,1-5H3,(H,14,16). The predicted molar refractivity (Wildman–Crippen MR) is 76.2 cm³/mol. The lowest BCUT2D eigenvalue weighted by molar-refractivity contribution is -0.154. The van der Waals surface area contributed by atoms with Crippen LogP contribution in [-0.2, 0) is 20.4 Å². The van der Waals surface area contributed by atoms with Gasteiger partial charge in [0.2, 0.25) is 11.8 Å². The largest absolute Gasteiger partial charge is 0.340 e. The molecule has 4 unspecified atom stereocenters. The molecule has 1 saturated heterocycles. The molecule has 4 atom stereocenters. The van der Waals surface area contributed by atoms with E-state index in [0.717, 1.165) is 0 Å². The van der Waals surface area contributed by atoms with Crippen molar-refractivity contribution in [2.45, 2.75) is 57.4 Å². The molecule has 5 nitrogen and oxygen atoms in total. The molecule has 110 valence electrons. The quantitative estimate of drug-likeness (QED) is 0.808. The number of carbonyl (C=O) groups excluding carboxylic acids is 2. The van der Waals surface area contributed by atoms with Gasteiger partial charge in [0, 0.05) is 28.9 Å². The molecule has 0 saturated carbocycles. The second kappa shape index (κ2) is 6.03. The van der Waals surface area contributed by atoms with Gasteiger partial charge in [0.15, 0.2) is 0 Å². The number of carbonyl (C=O) groups is 2. The van der Waals surface area contributed by atoms with Crippen LogP contribution in [0.4, 0.5) is 0 Å². The topological polar surface area (TPSA) is 66.5 Å². The second-order valence-corrected chi connectivity index (χ2v) is 7.17. The highest BCUT2D eigenvalue weighted by atomic mass is 32.2. The van der Waals surface area contributed by atoms with Gasteiger partial charge >= 0.3 is 0 Å². The molecule has 0 bridgehead atoms. The SMILES string of the molecule is CCC1C(=O)NC(C)(CC)C(=O)N1CC(C)S(C)=O. The lowest BCUT2D eigenvalue weighted by Crippen LogP contribution is -2.69. The van der Waals surface area contributed by atoms with E-state index >= 15 is 0 Å². The smallest absolute Gasteiger partial charge is 0.248 e. The molecule has 2 amide bonds. The highest BCUT2D eigenvalue weighted by molar-refractivity contribution is 7.84. The lowest BCUT2D eigenvalue weighted by Gasteiger charge is -2.44. The van der Waals surface area contributed by atoms with Gasteiger partial charge in [-0.15, -0.1) is 0 Å². The average Bonchev–Trinajstić information content (AvgIpc) is 2.35. The van der Waals surface area contributed by atoms with Gasteiger partial charge in [-0.25, -0.2) is 0 Å². The Balaban J connectivity index is 3.03. The van der Waals surface area contributed by atoms with Gasteiger partial charge in [0.1, 0.15) is 11.6 Å². The summed E-state index contributed by atoms with van der Waals surface area (Å²) in [6, 6.07) is -0.446. The maximum absolute atomic E-state index is 12.6. The zero-order valence-corrected chi connectivity index (χ0v) is 13.2. The Morgan fingerprint density at radius 3 is 2.42 bits per heavy atom. The molecule has 0 aromatic carbocycles. The van der Waals surface area contributed by atoms with E-state index in [1.165, 1.54) is 0 Å². The Hall–Kier alpha value is -0.910. The van der Waals surface area contributed by atoms with E-state index in [-0.39, 0.29) is 17.1 Å². The van der Waals surface area contributed by atoms with Crippen molar-refractivity contribution in [2.24, 2.45) is 0 Å². The van der Waals surface area contributed by atoms with Crippen LogP contribution < -0.4 is 5.32 Å². The van der Waals surface area contributed by atoms with E-state index in [9.17, 15) is 13.8 Å². The number of amides is 2. The fraction of sp³-hybridized carbons (Fsp3) is 0.846. The number of nitrogens with one attached hydrogen (secondary N) is 1. The van der Waals surface area contributed by atoms with E-state index < -0.39 is 22.4 Å². The molecule has 0 aromatic rings. The van der Waals surface area contributed by atoms with Gasteiger partial charge in [-0.05, 0) is 26.7 Å². The predicted octanol–water partition coefficient (Wildman–Crippen LogP) is 0.659. The maximum atomic E-state index is 12.6. The summed E-state index contributed by atoms with van der Waals surface area (Å²) in [5.41, 5.74) is -0.836. The molecule has 1 aliphatic rings. The molecule has 0 radical (unpaired) electrons. The van der Waals surface area contributed by atoms with Gasteiger partial charge in [-0.3, -0.25) is 13.8 Å². The molecule has 1 heterocycles. The zero-order chi connectivity index (χ0) is 14.8. The number of hydrogen-bond donors (Lipinski definition) is 1. The third-order valence-electron chi connectivity index (χ3n) is 3.93. The van der Waals surface area contributed by atoms with Crippen LogP contribution in [-0.4, -0.2) is 50.6 Å². The summed E-state index contributed by atoms with van der Waals surface area (Å²) in [6.07, 6.45) is 2.74. The van der Waals surface area contributed by atoms with Gasteiger partial charge in [0.05, 0.1) is 0 Å². The molecule has 19 heavy (non-hydrogen) atoms. The van der Waals surface area contributed by atoms with E-state index in [2.05, 4.69) is 5.32 Å². The van der Waals surface area contributed by atoms with Crippen LogP contribution in [0, 0.1) is 0 Å². The van der Waals surface area contributed by atoms with Crippen molar-refractivity contribution >= 4 is 22.6 Å². The molecule has 1 N–H and O–H groups in total. The Bertz CT molecular complexity index is 399. The third-order valence-corrected chi connectivity index (χ3v) is 5.21. The molecular weight excluding hydrogens is 264 g/mol. The van der Waals surface area contributed by atoms with Crippen LogP contribution in [0.15, 0.2) is 0 Å². The number of hydrogen-bond acceptors (Lipinski definition) is 3. The average molecular weight is 288 g/mol. The molecular formula is C13H24N2O3S. The molecule has 1 aliphatic heterocycles. The van der Waals surface area contributed by atoms with Gasteiger partial charge < -0.3 is 10.2 Å². The molecule has 0 aromatic heterocycles. The third kappa shape index (κ3) is 3.16. The Morgan fingerprint density at radius 2 is 2.00 bits per heavy atom. The molecule has 0 spiro atoms. The first-order chi connectivity index (χ1) is 8.76. The van der Waals surface area contributed by atoms with Crippen LogP contribution in [0.2, 0.25) is 0 Å². The van der Waals surface area contributed by atoms with Crippen LogP contribution in [0.3, 0.4) is 0 Å². The summed E-state index contributed by atoms with van der Waals surface area (Å²) in [5.74, 6) is -0.181. The summed E-state index contributed by atoms with van der Waals surface area (Å²) >= 11 is 0. The molecule has 1 rings (SSSR count). The Kier molecular flexibility index (Phi) is 5.12. The van der Waals surface area contributed by atoms with Crippen molar-refractivity contribution in [1.82, 2.24) is 10.2 Å². The number of piperazine rings is 1. The van der Waals surface area contributed by atoms with Gasteiger partial charge in [-0.1, -0.05) is 13.8 Å². The van der Waals surface area contributed by atoms with Gasteiger partial charge in [0.25, 0.3) is 0 Å². The van der Waals surface area contributed by atoms with Crippen molar-refractivity contribution in [2.75, 3.05) is 12.8 Å². The first-order valence-electron chi connectivity index (χ1n) is 6.72. The summed E-state index contributed by atoms with van der Waals surface area (Å²) in [5, 5.41) is 2.69. The van der Waals surface area contributed by atoms with E-state index in [0.29, 0.717) is 19.4 Å². The lowest BCUT2D eigenvalue weighted by atomic mass is 9.91. The molecule has 0 aliphatic carbocycles. The Morgan fingerprint density at radius 1 is 1.42 bits per heavy atom. The van der Waals surface area contributed by atoms with E-state index in [4.69, 9.17) is 0 Å². The summed E-state index contributed by atoms with van der Waals surface area (Å²) in [4.78, 5) is 26.3. The van der Waals surface area contributed by atoms with Crippen LogP contribution in [0.1, 0.15) is 40.5 Å². The summed E-state index contributed by atoms with van der Waals surface area (Å²) in [6.45, 7) is 7.71. The van der Waals surface area contributed by atoms with Crippen molar-refractivity contribution in [1.29, 1.82) is 0 Å². The molecule has 1 fully saturated rings. The van der Waals surface area contributed by atoms with Crippen molar-refractivity contribution in [3.63, 3.8) is 0 Å². The van der Waals surface area contributed by atoms with Crippen LogP contribution >= 0.6 is 0 Å². The minimum atomic E-state index is -1.01. The normalized spacial score (nSPS) is 31.0. The first-order valence-corrected chi connectivity index (χ1v) is 8.34. The fourth-order valence-corrected chi connectivity index (χ4v) is 2.62. The number of rotatable bonds is 5. The van der Waals surface area contributed by atoms with Crippen molar-refractivity contribution in [3.8, 4) is 0 Å². The fourth-order valence-electron chi connectivity index (χ4n) is 2.25. The molecule has 6 heteroatoms. The summed E-state index contributed by atoms with van der Waals surface area (Å²) < 4.78 is 11.5. The van der Waals surface area contributed by atoms with Crippen LogP contribution in [0.5, 0.6) is 0 Å². The highest BCUT2D eigenvalue weighted by Gasteiger charge is 2.46. The summed E-state index contributed by atoms with van der Waals surface area (Å²) in [7, 11) is -1.01. The number of nitrogens with zero attached hydrogens (tertiary/aromatic N) is 1. The minimum Gasteiger partial charge on any atom is -0.340 e. The minimum absolute atomic E-state index is 0.0706. The zero-order valence-electron chi connectivity index (χ0n) is 12.4. The monoisotopic (exact) mass is 288 g/mol. The van der Waals surface area contributed by atoms with Crippen molar-refractivity contribution < 1.29 is 13.8 Å². The highest BCUT2D eigenvalue weighted by Crippen LogP contribution is 2.23. The maximum Gasteiger partial charge on any atom is 0.248 e. The van der Waals surface area contributed by atoms with E-state index in [1.54, 1.807) is 18.1 Å². The first kappa shape index (κ1) is 16.1. The van der Waals surface area contributed by atoms with E-state index in [1.807, 2.05) is 20.8 Å². The Labute approximate surface area is 117 Å². The second-order valence-electron chi connectivity index (χ2n) is 5.37. The van der Waals surface area contributed by atoms with Crippen LogP contribution in [0.25, 0.3) is 0 Å². The van der Waals surface area contributed by atoms with Crippen molar-refractivity contribution in [3.05, 3.63) is 0 Å².